The van der Waals surface area contributed by atoms with Gasteiger partial charge in [-0.1, -0.05) is 0 Å². The number of ether oxygens (including phenoxy) is 1. The molecule has 0 fully saturated rings. The van der Waals surface area contributed by atoms with Gasteiger partial charge in [-0.25, -0.2) is 4.39 Å². The fraction of sp³-hybridized carbons (Fsp3) is 0.778. The van der Waals surface area contributed by atoms with Crippen molar-refractivity contribution in [2.75, 3.05) is 0 Å². The number of halogens is 1. The summed E-state index contributed by atoms with van der Waals surface area (Å²) in [5.41, 5.74) is 9.34. The molecule has 5 nitrogen and oxygen atoms in total. The summed E-state index contributed by atoms with van der Waals surface area (Å²) in [4.78, 5) is 21.6. The molecule has 0 saturated heterocycles. The van der Waals surface area contributed by atoms with Crippen LogP contribution in [0.1, 0.15) is 27.2 Å². The van der Waals surface area contributed by atoms with E-state index < -0.39 is 36.1 Å². The number of amides is 1. The molecule has 0 aliphatic heterocycles. The maximum absolute atomic E-state index is 12.8. The fourth-order valence-electron chi connectivity index (χ4n) is 0.813. The number of primary amides is 1. The highest BCUT2D eigenvalue weighted by Crippen LogP contribution is 2.10. The number of hydrogen-bond donors (Lipinski definition) is 2. The van der Waals surface area contributed by atoms with E-state index in [1.54, 1.807) is 20.8 Å². The van der Waals surface area contributed by atoms with Gasteiger partial charge in [0.2, 0.25) is 0 Å². The lowest BCUT2D eigenvalue weighted by Crippen LogP contribution is -2.41. The van der Waals surface area contributed by atoms with Crippen LogP contribution in [0, 0.1) is 0 Å². The highest BCUT2D eigenvalue weighted by atomic mass is 19.1. The minimum Gasteiger partial charge on any atom is -0.459 e. The van der Waals surface area contributed by atoms with Crippen molar-refractivity contribution in [3.8, 4) is 0 Å². The van der Waals surface area contributed by atoms with Crippen molar-refractivity contribution in [2.45, 2.75) is 45.0 Å². The molecular weight excluding hydrogens is 203 g/mol. The Hall–Kier alpha value is -1.17. The summed E-state index contributed by atoms with van der Waals surface area (Å²) < 4.78 is 17.7. The number of carbonyl (C=O) groups excluding carboxylic acids is 2. The largest absolute Gasteiger partial charge is 0.459 e. The smallest absolute Gasteiger partial charge is 0.323 e. The Kier molecular flexibility index (Phi) is 4.67. The third kappa shape index (κ3) is 6.01. The van der Waals surface area contributed by atoms with Gasteiger partial charge >= 0.3 is 5.97 Å². The van der Waals surface area contributed by atoms with E-state index >= 15 is 0 Å². The summed E-state index contributed by atoms with van der Waals surface area (Å²) in [5, 5.41) is 0. The molecule has 4 N–H and O–H groups in total. The first-order valence-corrected chi connectivity index (χ1v) is 4.55. The molecule has 0 spiro atoms. The zero-order valence-electron chi connectivity index (χ0n) is 9.12. The van der Waals surface area contributed by atoms with Crippen molar-refractivity contribution in [3.63, 3.8) is 0 Å². The lowest BCUT2D eigenvalue weighted by molar-refractivity contribution is -0.157. The third-order valence-electron chi connectivity index (χ3n) is 1.48. The van der Waals surface area contributed by atoms with Gasteiger partial charge in [0.25, 0.3) is 5.91 Å². The molecule has 2 atom stereocenters. The molecule has 0 bridgehead atoms. The van der Waals surface area contributed by atoms with Gasteiger partial charge in [-0.15, -0.1) is 0 Å². The summed E-state index contributed by atoms with van der Waals surface area (Å²) in [6, 6.07) is -1.17. The van der Waals surface area contributed by atoms with Gasteiger partial charge in [0.15, 0.2) is 6.17 Å². The van der Waals surface area contributed by atoms with E-state index in [1.165, 1.54) is 0 Å². The third-order valence-corrected chi connectivity index (χ3v) is 1.48. The van der Waals surface area contributed by atoms with Gasteiger partial charge in [0.05, 0.1) is 0 Å². The topological polar surface area (TPSA) is 95.4 Å². The summed E-state index contributed by atoms with van der Waals surface area (Å²) in [6.45, 7) is 5.00. The van der Waals surface area contributed by atoms with E-state index in [0.717, 1.165) is 0 Å². The second-order valence-corrected chi connectivity index (χ2v) is 4.25. The summed E-state index contributed by atoms with van der Waals surface area (Å²) in [7, 11) is 0. The van der Waals surface area contributed by atoms with Crippen LogP contribution in [0.4, 0.5) is 4.39 Å². The second kappa shape index (κ2) is 5.06. The number of carbonyl (C=O) groups is 2. The number of nitrogens with two attached hydrogens (primary N) is 2. The van der Waals surface area contributed by atoms with Crippen LogP contribution >= 0.6 is 0 Å². The molecule has 0 aromatic rings. The highest BCUT2D eigenvalue weighted by Gasteiger charge is 2.26. The van der Waals surface area contributed by atoms with Gasteiger partial charge < -0.3 is 16.2 Å². The lowest BCUT2D eigenvalue weighted by atomic mass is 10.1. The Labute approximate surface area is 87.9 Å². The van der Waals surface area contributed by atoms with Gasteiger partial charge in [0, 0.05) is 6.42 Å². The second-order valence-electron chi connectivity index (χ2n) is 4.25. The molecular formula is C9H17FN2O3. The predicted molar refractivity (Wildman–Crippen MR) is 52.5 cm³/mol. The van der Waals surface area contributed by atoms with E-state index in [9.17, 15) is 14.0 Å². The molecule has 0 aromatic heterocycles. The molecule has 88 valence electrons. The van der Waals surface area contributed by atoms with Gasteiger partial charge in [0.1, 0.15) is 11.6 Å². The first-order valence-electron chi connectivity index (χ1n) is 4.55. The Balaban J connectivity index is 4.17. The molecule has 15 heavy (non-hydrogen) atoms. The Morgan fingerprint density at radius 2 is 1.87 bits per heavy atom. The molecule has 0 rings (SSSR count). The summed E-state index contributed by atoms with van der Waals surface area (Å²) in [5.74, 6) is -1.87. The summed E-state index contributed by atoms with van der Waals surface area (Å²) in [6.07, 6.45) is -2.38. The Bertz CT molecular complexity index is 250. The van der Waals surface area contributed by atoms with Crippen LogP contribution in [0.5, 0.6) is 0 Å². The van der Waals surface area contributed by atoms with Gasteiger partial charge in [-0.2, -0.15) is 0 Å². The minimum absolute atomic E-state index is 0.454. The van der Waals surface area contributed by atoms with Crippen molar-refractivity contribution in [2.24, 2.45) is 11.5 Å². The Morgan fingerprint density at radius 3 is 2.20 bits per heavy atom. The van der Waals surface area contributed by atoms with Crippen LogP contribution in [-0.2, 0) is 14.3 Å². The van der Waals surface area contributed by atoms with Crippen molar-refractivity contribution in [1.29, 1.82) is 0 Å². The number of esters is 1. The van der Waals surface area contributed by atoms with Crippen LogP contribution in [0.15, 0.2) is 0 Å². The van der Waals surface area contributed by atoms with Crippen LogP contribution < -0.4 is 11.5 Å². The van der Waals surface area contributed by atoms with Crippen molar-refractivity contribution in [1.82, 2.24) is 0 Å². The van der Waals surface area contributed by atoms with Crippen molar-refractivity contribution < 1.29 is 18.7 Å². The average Bonchev–Trinajstić information content (AvgIpc) is 2.00. The molecule has 0 radical (unpaired) electrons. The molecule has 6 heteroatoms. The normalized spacial score (nSPS) is 15.5. The average molecular weight is 220 g/mol. The Morgan fingerprint density at radius 1 is 1.40 bits per heavy atom. The molecule has 0 aliphatic rings. The number of rotatable bonds is 4. The minimum atomic E-state index is -1.92. The lowest BCUT2D eigenvalue weighted by Gasteiger charge is -2.22. The molecule has 0 unspecified atom stereocenters. The number of hydrogen-bond acceptors (Lipinski definition) is 4. The monoisotopic (exact) mass is 220 g/mol. The van der Waals surface area contributed by atoms with Crippen LogP contribution in [-0.4, -0.2) is 29.7 Å². The zero-order chi connectivity index (χ0) is 12.2. The van der Waals surface area contributed by atoms with Crippen LogP contribution in [0.3, 0.4) is 0 Å². The molecule has 0 saturated carbocycles. The standard InChI is InChI=1S/C9H17FN2O3/c1-9(2,3)15-8(14)6(11)4-5(10)7(12)13/h5-6H,4,11H2,1-3H3,(H2,12,13)/t5-,6+/m1/s1. The molecule has 0 heterocycles. The SMILES string of the molecule is CC(C)(C)OC(=O)[C@@H](N)C[C@@H](F)C(N)=O. The van der Waals surface area contributed by atoms with Crippen LogP contribution in [0.25, 0.3) is 0 Å². The van der Waals surface area contributed by atoms with E-state index in [1.807, 2.05) is 0 Å². The number of alkyl halides is 1. The first kappa shape index (κ1) is 13.8. The molecule has 0 aromatic carbocycles. The van der Waals surface area contributed by atoms with E-state index in [2.05, 4.69) is 0 Å². The van der Waals surface area contributed by atoms with Gasteiger partial charge in [-0.05, 0) is 20.8 Å². The van der Waals surface area contributed by atoms with Crippen molar-refractivity contribution in [3.05, 3.63) is 0 Å². The molecule has 1 amide bonds. The van der Waals surface area contributed by atoms with E-state index in [-0.39, 0.29) is 0 Å². The maximum atomic E-state index is 12.8. The molecule has 0 aliphatic carbocycles. The highest BCUT2D eigenvalue weighted by molar-refractivity contribution is 5.81. The quantitative estimate of drug-likeness (QED) is 0.645. The fourth-order valence-corrected chi connectivity index (χ4v) is 0.813. The zero-order valence-corrected chi connectivity index (χ0v) is 9.12. The van der Waals surface area contributed by atoms with E-state index in [4.69, 9.17) is 16.2 Å². The van der Waals surface area contributed by atoms with Crippen LogP contribution in [0.2, 0.25) is 0 Å². The predicted octanol–water partition coefficient (Wildman–Crippen LogP) is -0.131. The summed E-state index contributed by atoms with van der Waals surface area (Å²) >= 11 is 0. The first-order chi connectivity index (χ1) is 6.63. The van der Waals surface area contributed by atoms with Crippen molar-refractivity contribution >= 4 is 11.9 Å². The van der Waals surface area contributed by atoms with Gasteiger partial charge in [-0.3, -0.25) is 9.59 Å². The maximum Gasteiger partial charge on any atom is 0.323 e. The van der Waals surface area contributed by atoms with E-state index in [0.29, 0.717) is 0 Å².